The predicted molar refractivity (Wildman–Crippen MR) is 63.7 cm³/mol. The van der Waals surface area contributed by atoms with E-state index in [-0.39, 0.29) is 18.0 Å². The molecule has 16 heavy (non-hydrogen) atoms. The van der Waals surface area contributed by atoms with Crippen LogP contribution in [0, 0.1) is 0 Å². The monoisotopic (exact) mass is 219 g/mol. The van der Waals surface area contributed by atoms with Gasteiger partial charge in [-0.3, -0.25) is 15.2 Å². The fraction of sp³-hybridized carbons (Fsp3) is 0.417. The van der Waals surface area contributed by atoms with Crippen LogP contribution in [0.3, 0.4) is 0 Å². The van der Waals surface area contributed by atoms with Gasteiger partial charge in [0.25, 0.3) is 0 Å². The van der Waals surface area contributed by atoms with Gasteiger partial charge in [-0.05, 0) is 31.5 Å². The molecule has 0 spiro atoms. The van der Waals surface area contributed by atoms with E-state index in [1.54, 1.807) is 0 Å². The van der Waals surface area contributed by atoms with Gasteiger partial charge in [-0.25, -0.2) is 0 Å². The first-order valence-electron chi connectivity index (χ1n) is 5.52. The van der Waals surface area contributed by atoms with E-state index in [1.165, 1.54) is 0 Å². The molecule has 1 amide bonds. The van der Waals surface area contributed by atoms with Crippen molar-refractivity contribution in [1.82, 2.24) is 5.43 Å². The van der Waals surface area contributed by atoms with Gasteiger partial charge in [0.15, 0.2) is 0 Å². The lowest BCUT2D eigenvalue weighted by atomic mass is 10.1. The van der Waals surface area contributed by atoms with Crippen molar-refractivity contribution in [3.05, 3.63) is 29.8 Å². The van der Waals surface area contributed by atoms with Crippen LogP contribution >= 0.6 is 0 Å². The van der Waals surface area contributed by atoms with Crippen LogP contribution in [0.2, 0.25) is 0 Å². The second-order valence-corrected chi connectivity index (χ2v) is 4.34. The zero-order valence-corrected chi connectivity index (χ0v) is 9.60. The topological polar surface area (TPSA) is 58.4 Å². The third kappa shape index (κ3) is 2.02. The molecular weight excluding hydrogens is 202 g/mol. The molecule has 1 fully saturated rings. The highest BCUT2D eigenvalue weighted by Gasteiger charge is 2.26. The summed E-state index contributed by atoms with van der Waals surface area (Å²) in [5.74, 6) is 0.0682. The minimum atomic E-state index is 0.00793. The number of carbonyl (C=O) groups is 1. The highest BCUT2D eigenvalue weighted by Crippen LogP contribution is 2.23. The molecule has 1 saturated heterocycles. The normalized spacial score (nSPS) is 22.1. The van der Waals surface area contributed by atoms with E-state index in [1.807, 2.05) is 43.1 Å². The molecule has 1 heterocycles. The fourth-order valence-electron chi connectivity index (χ4n) is 1.93. The van der Waals surface area contributed by atoms with Gasteiger partial charge in [0.1, 0.15) is 0 Å². The smallest absolute Gasteiger partial charge is 0.240 e. The van der Waals surface area contributed by atoms with E-state index in [2.05, 4.69) is 5.43 Å². The number of nitrogens with one attached hydrogen (secondary N) is 1. The number of amides is 1. The Morgan fingerprint density at radius 1 is 1.56 bits per heavy atom. The largest absolute Gasteiger partial charge is 0.324 e. The van der Waals surface area contributed by atoms with E-state index in [0.717, 1.165) is 11.3 Å². The minimum Gasteiger partial charge on any atom is -0.324 e. The number of hydrogen-bond donors (Lipinski definition) is 2. The molecule has 4 nitrogen and oxygen atoms in total. The number of anilines is 1. The number of carbonyl (C=O) groups excluding carboxylic acids is 1. The Hall–Kier alpha value is -1.55. The van der Waals surface area contributed by atoms with Crippen molar-refractivity contribution in [3.8, 4) is 0 Å². The minimum absolute atomic E-state index is 0.00793. The highest BCUT2D eigenvalue weighted by molar-refractivity contribution is 5.82. The van der Waals surface area contributed by atoms with Crippen molar-refractivity contribution >= 4 is 11.6 Å². The molecule has 0 aromatic heterocycles. The van der Waals surface area contributed by atoms with Crippen LogP contribution in [-0.4, -0.2) is 11.9 Å². The van der Waals surface area contributed by atoms with Crippen LogP contribution in [0.25, 0.3) is 0 Å². The first kappa shape index (κ1) is 11.0. The summed E-state index contributed by atoms with van der Waals surface area (Å²) in [6.45, 7) is 3.97. The molecule has 86 valence electrons. The molecule has 3 N–H and O–H groups in total. The van der Waals surface area contributed by atoms with E-state index in [9.17, 15) is 4.79 Å². The Morgan fingerprint density at radius 2 is 2.31 bits per heavy atom. The van der Waals surface area contributed by atoms with Gasteiger partial charge >= 0.3 is 0 Å². The Kier molecular flexibility index (Phi) is 2.83. The van der Waals surface area contributed by atoms with Gasteiger partial charge in [-0.15, -0.1) is 0 Å². The predicted octanol–water partition coefficient (Wildman–Crippen LogP) is 1.34. The quantitative estimate of drug-likeness (QED) is 0.789. The molecule has 1 aliphatic heterocycles. The Morgan fingerprint density at radius 3 is 2.88 bits per heavy atom. The van der Waals surface area contributed by atoms with Crippen molar-refractivity contribution in [2.24, 2.45) is 5.73 Å². The molecule has 2 rings (SSSR count). The highest BCUT2D eigenvalue weighted by atomic mass is 16.2. The first-order chi connectivity index (χ1) is 7.58. The maximum atomic E-state index is 11.3. The summed E-state index contributed by atoms with van der Waals surface area (Å²) in [4.78, 5) is 11.3. The SMILES string of the molecule is CC(N)c1cccc(N2NC(=O)CC2C)c1. The van der Waals surface area contributed by atoms with Gasteiger partial charge in [0.2, 0.25) is 5.91 Å². The summed E-state index contributed by atoms with van der Waals surface area (Å²) in [7, 11) is 0. The molecule has 1 aromatic rings. The number of rotatable bonds is 2. The number of benzene rings is 1. The zero-order valence-electron chi connectivity index (χ0n) is 9.60. The van der Waals surface area contributed by atoms with Crippen molar-refractivity contribution in [3.63, 3.8) is 0 Å². The standard InChI is InChI=1S/C12H17N3O/c1-8-6-12(16)14-15(8)11-5-3-4-10(7-11)9(2)13/h3-5,7-9H,6,13H2,1-2H3,(H,14,16). The number of nitrogens with zero attached hydrogens (tertiary/aromatic N) is 1. The summed E-state index contributed by atoms with van der Waals surface area (Å²) in [6, 6.07) is 8.16. The molecule has 0 aliphatic carbocycles. The van der Waals surface area contributed by atoms with Crippen LogP contribution in [-0.2, 0) is 4.79 Å². The van der Waals surface area contributed by atoms with E-state index in [4.69, 9.17) is 5.73 Å². The lowest BCUT2D eigenvalue weighted by Crippen LogP contribution is -2.37. The molecule has 2 unspecified atom stereocenters. The first-order valence-corrected chi connectivity index (χ1v) is 5.52. The molecule has 0 saturated carbocycles. The summed E-state index contributed by atoms with van der Waals surface area (Å²) < 4.78 is 0. The average Bonchev–Trinajstić information content (AvgIpc) is 2.58. The third-order valence-corrected chi connectivity index (χ3v) is 2.84. The van der Waals surface area contributed by atoms with Crippen LogP contribution in [0.15, 0.2) is 24.3 Å². The molecule has 2 atom stereocenters. The summed E-state index contributed by atoms with van der Waals surface area (Å²) in [6.07, 6.45) is 0.544. The van der Waals surface area contributed by atoms with Gasteiger partial charge in [0.05, 0.1) is 18.2 Å². The summed E-state index contributed by atoms with van der Waals surface area (Å²) >= 11 is 0. The Balaban J connectivity index is 2.27. The molecule has 1 aliphatic rings. The zero-order chi connectivity index (χ0) is 11.7. The lowest BCUT2D eigenvalue weighted by Gasteiger charge is -2.23. The second-order valence-electron chi connectivity index (χ2n) is 4.34. The van der Waals surface area contributed by atoms with Gasteiger partial charge < -0.3 is 5.73 Å². The molecule has 0 radical (unpaired) electrons. The van der Waals surface area contributed by atoms with Crippen LogP contribution in [0.4, 0.5) is 5.69 Å². The maximum Gasteiger partial charge on any atom is 0.240 e. The molecule has 0 bridgehead atoms. The van der Waals surface area contributed by atoms with Crippen LogP contribution < -0.4 is 16.2 Å². The average molecular weight is 219 g/mol. The number of hydrazine groups is 1. The number of hydrogen-bond acceptors (Lipinski definition) is 3. The van der Waals surface area contributed by atoms with Crippen molar-refractivity contribution in [1.29, 1.82) is 0 Å². The summed E-state index contributed by atoms with van der Waals surface area (Å²) in [5, 5.41) is 1.90. The maximum absolute atomic E-state index is 11.3. The third-order valence-electron chi connectivity index (χ3n) is 2.84. The van der Waals surface area contributed by atoms with E-state index in [0.29, 0.717) is 6.42 Å². The summed E-state index contributed by atoms with van der Waals surface area (Å²) in [5.41, 5.74) is 10.7. The Bertz CT molecular complexity index is 403. The lowest BCUT2D eigenvalue weighted by molar-refractivity contribution is -0.119. The van der Waals surface area contributed by atoms with Crippen molar-refractivity contribution in [2.45, 2.75) is 32.4 Å². The van der Waals surface area contributed by atoms with Crippen LogP contribution in [0.1, 0.15) is 31.9 Å². The van der Waals surface area contributed by atoms with Crippen molar-refractivity contribution in [2.75, 3.05) is 5.01 Å². The number of nitrogens with two attached hydrogens (primary N) is 1. The Labute approximate surface area is 95.4 Å². The van der Waals surface area contributed by atoms with Crippen LogP contribution in [0.5, 0.6) is 0 Å². The second kappa shape index (κ2) is 4.14. The van der Waals surface area contributed by atoms with Gasteiger partial charge in [-0.1, -0.05) is 12.1 Å². The van der Waals surface area contributed by atoms with Gasteiger partial charge in [-0.2, -0.15) is 0 Å². The van der Waals surface area contributed by atoms with E-state index >= 15 is 0 Å². The molecular formula is C12H17N3O. The van der Waals surface area contributed by atoms with E-state index < -0.39 is 0 Å². The molecule has 4 heteroatoms. The fourth-order valence-corrected chi connectivity index (χ4v) is 1.93. The van der Waals surface area contributed by atoms with Gasteiger partial charge in [0, 0.05) is 6.04 Å². The molecule has 1 aromatic carbocycles. The van der Waals surface area contributed by atoms with Crippen molar-refractivity contribution < 1.29 is 4.79 Å².